The fraction of sp³-hybridized carbons (Fsp3) is 0.438. The Morgan fingerprint density at radius 3 is 2.45 bits per heavy atom. The number of ether oxygens (including phenoxy) is 1. The van der Waals surface area contributed by atoms with Gasteiger partial charge in [0.2, 0.25) is 5.91 Å². The van der Waals surface area contributed by atoms with E-state index < -0.39 is 23.7 Å². The van der Waals surface area contributed by atoms with Crippen LogP contribution in [-0.2, 0) is 14.3 Å². The van der Waals surface area contributed by atoms with Crippen LogP contribution >= 0.6 is 0 Å². The first-order chi connectivity index (χ1) is 10.3. The molecule has 0 spiro atoms. The van der Waals surface area contributed by atoms with Gasteiger partial charge in [-0.25, -0.2) is 4.79 Å². The second-order valence-corrected chi connectivity index (χ2v) is 6.22. The summed E-state index contributed by atoms with van der Waals surface area (Å²) in [5.41, 5.74) is -0.149. The second-order valence-electron chi connectivity index (χ2n) is 6.22. The summed E-state index contributed by atoms with van der Waals surface area (Å²) in [4.78, 5) is 35.9. The smallest absolute Gasteiger partial charge is 0.329 e. The minimum absolute atomic E-state index is 0.187. The molecular formula is C16H20N2O4. The molecule has 6 heteroatoms. The van der Waals surface area contributed by atoms with E-state index in [2.05, 4.69) is 10.6 Å². The maximum Gasteiger partial charge on any atom is 0.329 e. The fourth-order valence-corrected chi connectivity index (χ4v) is 2.16. The van der Waals surface area contributed by atoms with E-state index in [-0.39, 0.29) is 18.2 Å². The summed E-state index contributed by atoms with van der Waals surface area (Å²) in [5.74, 6) is -1.21. The lowest BCUT2D eigenvalue weighted by Crippen LogP contribution is -2.40. The molecule has 2 rings (SSSR count). The zero-order chi connectivity index (χ0) is 16.3. The van der Waals surface area contributed by atoms with Gasteiger partial charge in [-0.15, -0.1) is 0 Å². The number of benzene rings is 1. The molecule has 1 heterocycles. The molecule has 0 radical (unpaired) electrons. The standard InChI is InChI=1S/C16H20N2O4/c1-16(2,3)22-15(21)12-9-11(14(20)18-12)17-13(19)10-7-5-4-6-8-10/h4-8,11-12H,9H2,1-3H3,(H,17,19)(H,18,20)/t11-,12+/m1/s1. The van der Waals surface area contributed by atoms with Gasteiger partial charge in [-0.2, -0.15) is 0 Å². The number of amides is 2. The lowest BCUT2D eigenvalue weighted by Gasteiger charge is -2.21. The average molecular weight is 304 g/mol. The molecule has 0 saturated carbocycles. The topological polar surface area (TPSA) is 84.5 Å². The van der Waals surface area contributed by atoms with Crippen LogP contribution in [-0.4, -0.2) is 35.5 Å². The van der Waals surface area contributed by atoms with Crippen LogP contribution in [0.2, 0.25) is 0 Å². The molecule has 118 valence electrons. The number of carbonyl (C=O) groups is 3. The molecule has 2 amide bonds. The van der Waals surface area contributed by atoms with Crippen LogP contribution in [0.3, 0.4) is 0 Å². The van der Waals surface area contributed by atoms with Gasteiger partial charge in [-0.1, -0.05) is 18.2 Å². The lowest BCUT2D eigenvalue weighted by atomic mass is 10.1. The molecule has 1 saturated heterocycles. The summed E-state index contributed by atoms with van der Waals surface area (Å²) in [6.07, 6.45) is 0.187. The zero-order valence-electron chi connectivity index (χ0n) is 12.9. The van der Waals surface area contributed by atoms with Crippen LogP contribution < -0.4 is 10.6 Å². The monoisotopic (exact) mass is 304 g/mol. The van der Waals surface area contributed by atoms with Gasteiger partial charge in [-0.3, -0.25) is 9.59 Å². The maximum absolute atomic E-state index is 12.0. The minimum Gasteiger partial charge on any atom is -0.458 e. The molecule has 0 bridgehead atoms. The second kappa shape index (κ2) is 6.17. The van der Waals surface area contributed by atoms with Gasteiger partial charge in [0.25, 0.3) is 5.91 Å². The van der Waals surface area contributed by atoms with E-state index in [1.54, 1.807) is 51.1 Å². The molecule has 2 N–H and O–H groups in total. The van der Waals surface area contributed by atoms with Crippen molar-refractivity contribution in [2.75, 3.05) is 0 Å². The van der Waals surface area contributed by atoms with Gasteiger partial charge in [0.15, 0.2) is 0 Å². The highest BCUT2D eigenvalue weighted by atomic mass is 16.6. The third kappa shape index (κ3) is 4.07. The summed E-state index contributed by atoms with van der Waals surface area (Å²) < 4.78 is 5.24. The van der Waals surface area contributed by atoms with E-state index in [1.165, 1.54) is 0 Å². The first-order valence-electron chi connectivity index (χ1n) is 7.15. The highest BCUT2D eigenvalue weighted by Crippen LogP contribution is 2.15. The van der Waals surface area contributed by atoms with Crippen LogP contribution in [0.5, 0.6) is 0 Å². The molecule has 0 aromatic heterocycles. The normalized spacial score (nSPS) is 21.1. The van der Waals surface area contributed by atoms with Crippen LogP contribution in [0, 0.1) is 0 Å². The predicted molar refractivity (Wildman–Crippen MR) is 80.1 cm³/mol. The Hall–Kier alpha value is -2.37. The molecule has 1 aromatic rings. The summed E-state index contributed by atoms with van der Waals surface area (Å²) in [5, 5.41) is 5.19. The molecule has 22 heavy (non-hydrogen) atoms. The van der Waals surface area contributed by atoms with E-state index in [0.717, 1.165) is 0 Å². The van der Waals surface area contributed by atoms with E-state index >= 15 is 0 Å². The molecule has 1 aliphatic rings. The molecule has 1 aromatic carbocycles. The predicted octanol–water partition coefficient (Wildman–Crippen LogP) is 1.02. The number of nitrogens with one attached hydrogen (secondary N) is 2. The molecule has 1 aliphatic heterocycles. The van der Waals surface area contributed by atoms with Crippen molar-refractivity contribution < 1.29 is 19.1 Å². The van der Waals surface area contributed by atoms with Crippen molar-refractivity contribution >= 4 is 17.8 Å². The van der Waals surface area contributed by atoms with Crippen molar-refractivity contribution in [2.24, 2.45) is 0 Å². The summed E-state index contributed by atoms with van der Waals surface area (Å²) in [6.45, 7) is 5.28. The fourth-order valence-electron chi connectivity index (χ4n) is 2.16. The number of rotatable bonds is 3. The van der Waals surface area contributed by atoms with Crippen molar-refractivity contribution in [3.8, 4) is 0 Å². The Labute approximate surface area is 129 Å². The molecule has 2 atom stereocenters. The summed E-state index contributed by atoms with van der Waals surface area (Å²) >= 11 is 0. The highest BCUT2D eigenvalue weighted by molar-refractivity contribution is 5.99. The van der Waals surface area contributed by atoms with Gasteiger partial charge in [-0.05, 0) is 32.9 Å². The third-order valence-electron chi connectivity index (χ3n) is 3.14. The van der Waals surface area contributed by atoms with Crippen LogP contribution in [0.25, 0.3) is 0 Å². The first-order valence-corrected chi connectivity index (χ1v) is 7.15. The number of esters is 1. The molecule has 0 unspecified atom stereocenters. The van der Waals surface area contributed by atoms with Crippen molar-refractivity contribution in [2.45, 2.75) is 44.9 Å². The minimum atomic E-state index is -0.731. The molecule has 1 fully saturated rings. The number of hydrogen-bond donors (Lipinski definition) is 2. The van der Waals surface area contributed by atoms with Crippen molar-refractivity contribution in [1.82, 2.24) is 10.6 Å². The number of carbonyl (C=O) groups excluding carboxylic acids is 3. The largest absolute Gasteiger partial charge is 0.458 e. The van der Waals surface area contributed by atoms with Crippen molar-refractivity contribution in [1.29, 1.82) is 0 Å². The third-order valence-corrected chi connectivity index (χ3v) is 3.14. The van der Waals surface area contributed by atoms with E-state index in [9.17, 15) is 14.4 Å². The van der Waals surface area contributed by atoms with E-state index in [4.69, 9.17) is 4.74 Å². The van der Waals surface area contributed by atoms with Crippen LogP contribution in [0.1, 0.15) is 37.6 Å². The Bertz CT molecular complexity index is 578. The van der Waals surface area contributed by atoms with Crippen LogP contribution in [0.15, 0.2) is 30.3 Å². The van der Waals surface area contributed by atoms with Crippen molar-refractivity contribution in [3.63, 3.8) is 0 Å². The molecular weight excluding hydrogens is 284 g/mol. The highest BCUT2D eigenvalue weighted by Gasteiger charge is 2.39. The molecule has 0 aliphatic carbocycles. The Morgan fingerprint density at radius 1 is 1.23 bits per heavy atom. The van der Waals surface area contributed by atoms with Crippen LogP contribution in [0.4, 0.5) is 0 Å². The SMILES string of the molecule is CC(C)(C)OC(=O)[C@@H]1C[C@@H](NC(=O)c2ccccc2)C(=O)N1. The van der Waals surface area contributed by atoms with Gasteiger partial charge < -0.3 is 15.4 Å². The number of hydrogen-bond acceptors (Lipinski definition) is 4. The van der Waals surface area contributed by atoms with Gasteiger partial charge in [0, 0.05) is 12.0 Å². The van der Waals surface area contributed by atoms with Gasteiger partial charge in [0.05, 0.1) is 0 Å². The quantitative estimate of drug-likeness (QED) is 0.816. The lowest BCUT2D eigenvalue weighted by molar-refractivity contribution is -0.157. The average Bonchev–Trinajstić information content (AvgIpc) is 2.79. The maximum atomic E-state index is 12.0. The first kappa shape index (κ1) is 16.0. The van der Waals surface area contributed by atoms with Gasteiger partial charge in [0.1, 0.15) is 17.7 Å². The van der Waals surface area contributed by atoms with E-state index in [1.807, 2.05) is 0 Å². The Kier molecular flexibility index (Phi) is 4.49. The Balaban J connectivity index is 1.96. The Morgan fingerprint density at radius 2 is 1.86 bits per heavy atom. The molecule has 6 nitrogen and oxygen atoms in total. The van der Waals surface area contributed by atoms with Crippen molar-refractivity contribution in [3.05, 3.63) is 35.9 Å². The van der Waals surface area contributed by atoms with Gasteiger partial charge >= 0.3 is 5.97 Å². The zero-order valence-corrected chi connectivity index (χ0v) is 12.9. The summed E-state index contributed by atoms with van der Waals surface area (Å²) in [7, 11) is 0. The summed E-state index contributed by atoms with van der Waals surface area (Å²) in [6, 6.07) is 7.15. The van der Waals surface area contributed by atoms with E-state index in [0.29, 0.717) is 5.56 Å².